The molecule has 0 radical (unpaired) electrons. The first-order chi connectivity index (χ1) is 10.2. The molecular formula is C17H26N2OS. The number of nitrogens with zero attached hydrogens (tertiary/aromatic N) is 1. The second-order valence-electron chi connectivity index (χ2n) is 5.88. The number of benzene rings is 1. The Bertz CT molecular complexity index is 447. The van der Waals surface area contributed by atoms with Gasteiger partial charge in [0.05, 0.1) is 4.99 Å². The van der Waals surface area contributed by atoms with Crippen LogP contribution in [-0.4, -0.2) is 36.1 Å². The van der Waals surface area contributed by atoms with Gasteiger partial charge in [-0.2, -0.15) is 0 Å². The minimum atomic E-state index is 0.527. The van der Waals surface area contributed by atoms with Gasteiger partial charge in [0, 0.05) is 19.5 Å². The molecule has 2 rings (SSSR count). The summed E-state index contributed by atoms with van der Waals surface area (Å²) < 4.78 is 5.82. The quantitative estimate of drug-likeness (QED) is 0.749. The summed E-state index contributed by atoms with van der Waals surface area (Å²) in [5, 5.41) is 0. The molecule has 0 spiro atoms. The first kappa shape index (κ1) is 16.2. The molecule has 0 bridgehead atoms. The lowest BCUT2D eigenvalue weighted by molar-refractivity contribution is 0.232. The Morgan fingerprint density at radius 1 is 1.38 bits per heavy atom. The Balaban J connectivity index is 1.68. The molecule has 0 amide bonds. The van der Waals surface area contributed by atoms with Crippen molar-refractivity contribution in [1.82, 2.24) is 4.90 Å². The molecule has 1 fully saturated rings. The lowest BCUT2D eigenvalue weighted by Gasteiger charge is -2.16. The summed E-state index contributed by atoms with van der Waals surface area (Å²) in [6.07, 6.45) is 4.67. The van der Waals surface area contributed by atoms with E-state index in [2.05, 4.69) is 11.8 Å². The monoisotopic (exact) mass is 306 g/mol. The van der Waals surface area contributed by atoms with Crippen molar-refractivity contribution in [2.24, 2.45) is 11.7 Å². The van der Waals surface area contributed by atoms with Crippen LogP contribution in [0.5, 0.6) is 5.75 Å². The van der Waals surface area contributed by atoms with E-state index < -0.39 is 0 Å². The van der Waals surface area contributed by atoms with Crippen LogP contribution >= 0.6 is 12.2 Å². The predicted octanol–water partition coefficient (Wildman–Crippen LogP) is 3.02. The summed E-state index contributed by atoms with van der Waals surface area (Å²) in [5.41, 5.74) is 6.68. The molecule has 1 aliphatic heterocycles. The van der Waals surface area contributed by atoms with E-state index in [1.165, 1.54) is 32.4 Å². The van der Waals surface area contributed by atoms with Crippen LogP contribution in [0, 0.1) is 5.92 Å². The minimum absolute atomic E-state index is 0.527. The molecule has 2 N–H and O–H groups in total. The molecule has 0 aliphatic carbocycles. The zero-order valence-electron chi connectivity index (χ0n) is 12.9. The van der Waals surface area contributed by atoms with Crippen LogP contribution < -0.4 is 10.5 Å². The molecule has 1 aliphatic rings. The van der Waals surface area contributed by atoms with Gasteiger partial charge in [0.2, 0.25) is 0 Å². The van der Waals surface area contributed by atoms with Crippen LogP contribution in [0.15, 0.2) is 24.3 Å². The van der Waals surface area contributed by atoms with E-state index in [-0.39, 0.29) is 0 Å². The number of hydrogen-bond donors (Lipinski definition) is 1. The molecule has 1 saturated heterocycles. The maximum atomic E-state index is 5.82. The van der Waals surface area contributed by atoms with Gasteiger partial charge in [0.15, 0.2) is 0 Å². The number of thiocarbonyl (C=S) groups is 1. The van der Waals surface area contributed by atoms with Crippen molar-refractivity contribution in [3.8, 4) is 5.75 Å². The largest absolute Gasteiger partial charge is 0.492 e. The molecule has 21 heavy (non-hydrogen) atoms. The zero-order chi connectivity index (χ0) is 15.1. The smallest absolute Gasteiger partial charge is 0.119 e. The highest BCUT2D eigenvalue weighted by molar-refractivity contribution is 7.80. The van der Waals surface area contributed by atoms with Gasteiger partial charge in [0.25, 0.3) is 0 Å². The Kier molecular flexibility index (Phi) is 6.46. The van der Waals surface area contributed by atoms with Crippen LogP contribution in [-0.2, 0) is 6.42 Å². The van der Waals surface area contributed by atoms with Gasteiger partial charge < -0.3 is 10.5 Å². The van der Waals surface area contributed by atoms with Crippen molar-refractivity contribution in [1.29, 1.82) is 0 Å². The summed E-state index contributed by atoms with van der Waals surface area (Å²) in [7, 11) is 0. The Morgan fingerprint density at radius 2 is 2.14 bits per heavy atom. The normalized spacial score (nSPS) is 18.8. The maximum absolute atomic E-state index is 5.82. The summed E-state index contributed by atoms with van der Waals surface area (Å²) in [5.74, 6) is 1.82. The highest BCUT2D eigenvalue weighted by atomic mass is 32.1. The van der Waals surface area contributed by atoms with Crippen molar-refractivity contribution in [2.75, 3.05) is 26.2 Å². The third-order valence-corrected chi connectivity index (χ3v) is 4.19. The number of ether oxygens (including phenoxy) is 1. The van der Waals surface area contributed by atoms with Gasteiger partial charge in [-0.25, -0.2) is 0 Å². The Labute approximate surface area is 133 Å². The fraction of sp³-hybridized carbons (Fsp3) is 0.588. The Hall–Kier alpha value is -1.13. The topological polar surface area (TPSA) is 38.5 Å². The lowest BCUT2D eigenvalue weighted by atomic mass is 10.0. The first-order valence-corrected chi connectivity index (χ1v) is 8.30. The van der Waals surface area contributed by atoms with Gasteiger partial charge in [-0.15, -0.1) is 0 Å². The minimum Gasteiger partial charge on any atom is -0.492 e. The van der Waals surface area contributed by atoms with Gasteiger partial charge in [0.1, 0.15) is 12.4 Å². The second kappa shape index (κ2) is 8.35. The fourth-order valence-corrected chi connectivity index (χ4v) is 3.12. The molecule has 1 heterocycles. The molecule has 1 aromatic carbocycles. The van der Waals surface area contributed by atoms with E-state index in [9.17, 15) is 0 Å². The van der Waals surface area contributed by atoms with Gasteiger partial charge in [-0.05, 0) is 43.0 Å². The standard InChI is InChI=1S/C17H26N2OS/c1-2-3-15-8-9-19(13-15)10-11-20-16-6-4-14(5-7-16)12-17(18)21/h4-7,15H,2-3,8-13H2,1H3,(H2,18,21). The average Bonchev–Trinajstić information content (AvgIpc) is 2.88. The summed E-state index contributed by atoms with van der Waals surface area (Å²) in [4.78, 5) is 3.04. The van der Waals surface area contributed by atoms with Gasteiger partial charge in [-0.1, -0.05) is 37.7 Å². The van der Waals surface area contributed by atoms with Crippen molar-refractivity contribution >= 4 is 17.2 Å². The molecule has 116 valence electrons. The molecule has 0 aromatic heterocycles. The highest BCUT2D eigenvalue weighted by Crippen LogP contribution is 2.20. The summed E-state index contributed by atoms with van der Waals surface area (Å²) >= 11 is 4.91. The molecular weight excluding hydrogens is 280 g/mol. The van der Waals surface area contributed by atoms with Crippen LogP contribution in [0.2, 0.25) is 0 Å². The molecule has 1 unspecified atom stereocenters. The van der Waals surface area contributed by atoms with Crippen molar-refractivity contribution < 1.29 is 4.74 Å². The van der Waals surface area contributed by atoms with Crippen LogP contribution in [0.1, 0.15) is 31.7 Å². The summed E-state index contributed by atoms with van der Waals surface area (Å²) in [6, 6.07) is 8.05. The molecule has 4 heteroatoms. The third kappa shape index (κ3) is 5.64. The van der Waals surface area contributed by atoms with E-state index >= 15 is 0 Å². The molecule has 1 atom stereocenters. The third-order valence-electron chi connectivity index (χ3n) is 4.04. The zero-order valence-corrected chi connectivity index (χ0v) is 13.7. The fourth-order valence-electron chi connectivity index (χ4n) is 2.96. The predicted molar refractivity (Wildman–Crippen MR) is 91.9 cm³/mol. The van der Waals surface area contributed by atoms with Crippen molar-refractivity contribution in [3.05, 3.63) is 29.8 Å². The summed E-state index contributed by atoms with van der Waals surface area (Å²) in [6.45, 7) is 6.51. The highest BCUT2D eigenvalue weighted by Gasteiger charge is 2.20. The van der Waals surface area contributed by atoms with Gasteiger partial charge in [-0.3, -0.25) is 4.90 Å². The number of rotatable bonds is 8. The van der Waals surface area contributed by atoms with E-state index in [4.69, 9.17) is 22.7 Å². The van der Waals surface area contributed by atoms with Crippen LogP contribution in [0.25, 0.3) is 0 Å². The molecule has 0 saturated carbocycles. The van der Waals surface area contributed by atoms with Crippen LogP contribution in [0.3, 0.4) is 0 Å². The number of nitrogens with two attached hydrogens (primary N) is 1. The average molecular weight is 306 g/mol. The maximum Gasteiger partial charge on any atom is 0.119 e. The van der Waals surface area contributed by atoms with E-state index in [0.29, 0.717) is 11.4 Å². The van der Waals surface area contributed by atoms with E-state index in [0.717, 1.165) is 30.4 Å². The van der Waals surface area contributed by atoms with Crippen LogP contribution in [0.4, 0.5) is 0 Å². The van der Waals surface area contributed by atoms with Crippen molar-refractivity contribution in [3.63, 3.8) is 0 Å². The van der Waals surface area contributed by atoms with Crippen molar-refractivity contribution in [2.45, 2.75) is 32.6 Å². The number of hydrogen-bond acceptors (Lipinski definition) is 3. The van der Waals surface area contributed by atoms with Gasteiger partial charge >= 0.3 is 0 Å². The lowest BCUT2D eigenvalue weighted by Crippen LogP contribution is -2.26. The molecule has 1 aromatic rings. The number of likely N-dealkylation sites (tertiary alicyclic amines) is 1. The molecule has 3 nitrogen and oxygen atoms in total. The SMILES string of the molecule is CCCC1CCN(CCOc2ccc(CC(N)=S)cc2)C1. The second-order valence-corrected chi connectivity index (χ2v) is 6.40. The van der Waals surface area contributed by atoms with E-state index in [1.54, 1.807) is 0 Å². The Morgan fingerprint density at radius 3 is 2.81 bits per heavy atom. The van der Waals surface area contributed by atoms with E-state index in [1.807, 2.05) is 24.3 Å². The first-order valence-electron chi connectivity index (χ1n) is 7.89.